The molecular formula is C27H37ClN2O5S. The number of carbonyl (C=O) groups is 1. The lowest BCUT2D eigenvalue weighted by atomic mass is 10.1. The van der Waals surface area contributed by atoms with Gasteiger partial charge in [-0.15, -0.1) is 0 Å². The van der Waals surface area contributed by atoms with Crippen LogP contribution in [0.25, 0.3) is 0 Å². The second-order valence-electron chi connectivity index (χ2n) is 9.04. The van der Waals surface area contributed by atoms with E-state index in [0.29, 0.717) is 30.2 Å². The fourth-order valence-corrected chi connectivity index (χ4v) is 5.79. The van der Waals surface area contributed by atoms with Gasteiger partial charge in [-0.1, -0.05) is 23.4 Å². The normalized spacial score (nSPS) is 15.9. The lowest BCUT2D eigenvalue weighted by molar-refractivity contribution is -0.116. The van der Waals surface area contributed by atoms with E-state index in [9.17, 15) is 4.79 Å². The molecular weight excluding hydrogens is 500 g/mol. The van der Waals surface area contributed by atoms with Crippen LogP contribution >= 0.6 is 23.4 Å². The first-order valence-electron chi connectivity index (χ1n) is 12.2. The number of carbonyl (C=O) groups excluding carboxylic acids is 1. The molecule has 0 spiro atoms. The summed E-state index contributed by atoms with van der Waals surface area (Å²) in [6.07, 6.45) is 0.810. The maximum absolute atomic E-state index is 12.7. The Morgan fingerprint density at radius 1 is 1.14 bits per heavy atom. The molecule has 1 aliphatic heterocycles. The highest BCUT2D eigenvalue weighted by atomic mass is 35.5. The van der Waals surface area contributed by atoms with Crippen molar-refractivity contribution >= 4 is 35.0 Å². The molecule has 0 saturated carbocycles. The largest absolute Gasteiger partial charge is 0.497 e. The molecule has 1 amide bonds. The van der Waals surface area contributed by atoms with Gasteiger partial charge in [-0.3, -0.25) is 14.6 Å². The number of fused-ring (bicyclic) bond motifs is 1. The maximum Gasteiger partial charge on any atom is 0.225 e. The molecule has 0 N–H and O–H groups in total. The highest BCUT2D eigenvalue weighted by molar-refractivity contribution is 8.00. The number of amides is 1. The number of hydrogen-bond donors (Lipinski definition) is 0. The molecule has 3 rings (SSSR count). The SMILES string of the molecule is COCOCCN(CCC(C)Oc1ccc(OC)cc1C1Sc2cc(Cl)ccc2N1C(C)=O)C(C)C. The van der Waals surface area contributed by atoms with Gasteiger partial charge < -0.3 is 18.9 Å². The third kappa shape index (κ3) is 7.29. The van der Waals surface area contributed by atoms with Crippen LogP contribution in [0, 0.1) is 0 Å². The van der Waals surface area contributed by atoms with Gasteiger partial charge in [0, 0.05) is 48.6 Å². The number of anilines is 1. The lowest BCUT2D eigenvalue weighted by Crippen LogP contribution is -2.36. The zero-order valence-electron chi connectivity index (χ0n) is 22.0. The molecule has 0 radical (unpaired) electrons. The Kier molecular flexibility index (Phi) is 10.8. The summed E-state index contributed by atoms with van der Waals surface area (Å²) in [4.78, 5) is 17.8. The van der Waals surface area contributed by atoms with Crippen LogP contribution in [0.4, 0.5) is 5.69 Å². The molecule has 0 bridgehead atoms. The Morgan fingerprint density at radius 3 is 2.58 bits per heavy atom. The van der Waals surface area contributed by atoms with Gasteiger partial charge in [0.05, 0.1) is 25.5 Å². The van der Waals surface area contributed by atoms with Crippen molar-refractivity contribution in [3.05, 3.63) is 47.0 Å². The fraction of sp³-hybridized carbons (Fsp3) is 0.519. The number of hydrogen-bond acceptors (Lipinski definition) is 7. The van der Waals surface area contributed by atoms with Gasteiger partial charge in [0.25, 0.3) is 0 Å². The van der Waals surface area contributed by atoms with E-state index in [1.807, 2.05) is 36.4 Å². The summed E-state index contributed by atoms with van der Waals surface area (Å²) < 4.78 is 22.4. The van der Waals surface area contributed by atoms with Crippen molar-refractivity contribution in [3.63, 3.8) is 0 Å². The van der Waals surface area contributed by atoms with Gasteiger partial charge >= 0.3 is 0 Å². The van der Waals surface area contributed by atoms with Crippen LogP contribution in [0.2, 0.25) is 5.02 Å². The van der Waals surface area contributed by atoms with Crippen molar-refractivity contribution in [2.45, 2.75) is 56.5 Å². The smallest absolute Gasteiger partial charge is 0.225 e. The van der Waals surface area contributed by atoms with Crippen LogP contribution in [0.5, 0.6) is 11.5 Å². The standard InChI is InChI=1S/C27H37ClN2O5S/c1-18(2)29(13-14-34-17-32-5)12-11-19(3)35-25-10-8-22(33-6)16-23(25)27-30(20(4)31)24-9-7-21(28)15-26(24)36-27/h7-10,15-16,18-19,27H,11-14,17H2,1-6H3. The van der Waals surface area contributed by atoms with Gasteiger partial charge in [0.15, 0.2) is 0 Å². The van der Waals surface area contributed by atoms with Crippen LogP contribution in [-0.2, 0) is 14.3 Å². The molecule has 9 heteroatoms. The van der Waals surface area contributed by atoms with Crippen LogP contribution in [0.1, 0.15) is 45.1 Å². The number of nitrogens with zero attached hydrogens (tertiary/aromatic N) is 2. The zero-order valence-corrected chi connectivity index (χ0v) is 23.5. The van der Waals surface area contributed by atoms with E-state index in [-0.39, 0.29) is 17.4 Å². The Bertz CT molecular complexity index is 1020. The van der Waals surface area contributed by atoms with Crippen LogP contribution in [0.15, 0.2) is 41.3 Å². The van der Waals surface area contributed by atoms with E-state index >= 15 is 0 Å². The summed E-state index contributed by atoms with van der Waals surface area (Å²) in [6, 6.07) is 11.8. The van der Waals surface area contributed by atoms with Gasteiger partial charge in [-0.2, -0.15) is 0 Å². The molecule has 1 aliphatic rings. The van der Waals surface area contributed by atoms with Gasteiger partial charge in [0.2, 0.25) is 5.91 Å². The summed E-state index contributed by atoms with van der Waals surface area (Å²) in [6.45, 7) is 10.6. The van der Waals surface area contributed by atoms with Gasteiger partial charge in [-0.05, 0) is 63.6 Å². The van der Waals surface area contributed by atoms with E-state index in [1.165, 1.54) is 0 Å². The minimum Gasteiger partial charge on any atom is -0.497 e. The Hall–Kier alpha value is -1.97. The summed E-state index contributed by atoms with van der Waals surface area (Å²) in [5.41, 5.74) is 1.74. The monoisotopic (exact) mass is 536 g/mol. The van der Waals surface area contributed by atoms with E-state index in [1.54, 1.807) is 37.8 Å². The molecule has 0 aromatic heterocycles. The molecule has 2 aromatic carbocycles. The van der Waals surface area contributed by atoms with Crippen LogP contribution < -0.4 is 14.4 Å². The van der Waals surface area contributed by atoms with Crippen molar-refractivity contribution in [2.75, 3.05) is 45.6 Å². The molecule has 7 nitrogen and oxygen atoms in total. The Balaban J connectivity index is 1.77. The number of thioether (sulfide) groups is 1. The average Bonchev–Trinajstić information content (AvgIpc) is 3.22. The third-order valence-electron chi connectivity index (χ3n) is 6.08. The molecule has 198 valence electrons. The first kappa shape index (κ1) is 28.6. The van der Waals surface area contributed by atoms with E-state index in [2.05, 4.69) is 25.7 Å². The van der Waals surface area contributed by atoms with Crippen molar-refractivity contribution in [3.8, 4) is 11.5 Å². The predicted octanol–water partition coefficient (Wildman–Crippen LogP) is 5.99. The quantitative estimate of drug-likeness (QED) is 0.230. The van der Waals surface area contributed by atoms with Gasteiger partial charge in [0.1, 0.15) is 23.7 Å². The number of ether oxygens (including phenoxy) is 4. The minimum absolute atomic E-state index is 0.0349. The second-order valence-corrected chi connectivity index (χ2v) is 10.6. The highest BCUT2D eigenvalue weighted by Gasteiger charge is 2.36. The summed E-state index contributed by atoms with van der Waals surface area (Å²) in [5, 5.41) is 0.363. The van der Waals surface area contributed by atoms with E-state index in [0.717, 1.165) is 41.4 Å². The summed E-state index contributed by atoms with van der Waals surface area (Å²) >= 11 is 7.83. The lowest BCUT2D eigenvalue weighted by Gasteiger charge is -2.29. The number of halogens is 1. The molecule has 0 fully saturated rings. The van der Waals surface area contributed by atoms with E-state index < -0.39 is 0 Å². The molecule has 1 heterocycles. The molecule has 36 heavy (non-hydrogen) atoms. The molecule has 0 aliphatic carbocycles. The summed E-state index contributed by atoms with van der Waals surface area (Å²) in [5.74, 6) is 1.41. The first-order chi connectivity index (χ1) is 17.2. The average molecular weight is 537 g/mol. The molecule has 0 saturated heterocycles. The topological polar surface area (TPSA) is 60.5 Å². The zero-order chi connectivity index (χ0) is 26.2. The van der Waals surface area contributed by atoms with Crippen LogP contribution in [0.3, 0.4) is 0 Å². The molecule has 2 aromatic rings. The maximum atomic E-state index is 12.7. The Labute approximate surface area is 224 Å². The first-order valence-corrected chi connectivity index (χ1v) is 13.4. The second kappa shape index (κ2) is 13.5. The minimum atomic E-state index is -0.279. The molecule has 2 atom stereocenters. The van der Waals surface area contributed by atoms with Crippen molar-refractivity contribution in [1.82, 2.24) is 4.90 Å². The Morgan fingerprint density at radius 2 is 1.92 bits per heavy atom. The van der Waals surface area contributed by atoms with E-state index in [4.69, 9.17) is 30.5 Å². The summed E-state index contributed by atoms with van der Waals surface area (Å²) in [7, 11) is 3.26. The number of methoxy groups -OCH3 is 2. The number of rotatable bonds is 13. The van der Waals surface area contributed by atoms with Gasteiger partial charge in [-0.25, -0.2) is 0 Å². The van der Waals surface area contributed by atoms with Crippen molar-refractivity contribution in [2.24, 2.45) is 0 Å². The third-order valence-corrected chi connectivity index (χ3v) is 7.59. The predicted molar refractivity (Wildman–Crippen MR) is 145 cm³/mol. The van der Waals surface area contributed by atoms with Crippen LogP contribution in [-0.4, -0.2) is 63.7 Å². The number of benzene rings is 2. The van der Waals surface area contributed by atoms with Crippen molar-refractivity contribution in [1.29, 1.82) is 0 Å². The fourth-order valence-electron chi connectivity index (χ4n) is 4.15. The molecule has 2 unspecified atom stereocenters. The highest BCUT2D eigenvalue weighted by Crippen LogP contribution is 2.54. The van der Waals surface area contributed by atoms with Crippen molar-refractivity contribution < 1.29 is 23.7 Å².